The van der Waals surface area contributed by atoms with Gasteiger partial charge in [0.2, 0.25) is 5.91 Å². The highest BCUT2D eigenvalue weighted by atomic mass is 35.5. The molecule has 0 atom stereocenters. The number of anilines is 1. The third-order valence-corrected chi connectivity index (χ3v) is 7.47. The molecular weight excluding hydrogens is 401 g/mol. The minimum atomic E-state index is -0.499. The summed E-state index contributed by atoms with van der Waals surface area (Å²) in [4.78, 5) is 26.4. The van der Waals surface area contributed by atoms with E-state index in [1.165, 1.54) is 6.42 Å². The number of hydrogen-bond acceptors (Lipinski definition) is 3. The molecule has 1 N–H and O–H groups in total. The van der Waals surface area contributed by atoms with Gasteiger partial charge in [-0.3, -0.25) is 9.59 Å². The van der Waals surface area contributed by atoms with E-state index in [-0.39, 0.29) is 22.4 Å². The van der Waals surface area contributed by atoms with Crippen molar-refractivity contribution in [2.75, 3.05) is 5.32 Å². The Labute approximate surface area is 177 Å². The highest BCUT2D eigenvalue weighted by Gasteiger charge is 2.42. The molecular formula is C21H29Cl2NO2S. The summed E-state index contributed by atoms with van der Waals surface area (Å²) in [6, 6.07) is 3.31. The lowest BCUT2D eigenvalue weighted by molar-refractivity contribution is -0.130. The summed E-state index contributed by atoms with van der Waals surface area (Å²) in [5.74, 6) is 0.258. The fourth-order valence-corrected chi connectivity index (χ4v) is 4.75. The fraction of sp³-hybridized carbons (Fsp3) is 0.619. The molecule has 0 bridgehead atoms. The van der Waals surface area contributed by atoms with Crippen LogP contribution in [0.15, 0.2) is 17.0 Å². The van der Waals surface area contributed by atoms with Gasteiger partial charge in [0.05, 0.1) is 21.1 Å². The van der Waals surface area contributed by atoms with Crippen LogP contribution in [-0.2, 0) is 9.59 Å². The minimum absolute atomic E-state index is 0.00706. The molecule has 1 aromatic rings. The third kappa shape index (κ3) is 5.21. The first-order valence-corrected chi connectivity index (χ1v) is 11.1. The van der Waals surface area contributed by atoms with Crippen LogP contribution in [0.5, 0.6) is 0 Å². The van der Waals surface area contributed by atoms with Crippen molar-refractivity contribution < 1.29 is 9.59 Å². The highest BCUT2D eigenvalue weighted by Crippen LogP contribution is 2.45. The average molecular weight is 430 g/mol. The zero-order valence-corrected chi connectivity index (χ0v) is 19.1. The van der Waals surface area contributed by atoms with E-state index in [2.05, 4.69) is 19.2 Å². The molecule has 0 aromatic heterocycles. The number of hydrogen-bond donors (Lipinski definition) is 1. The molecule has 1 aromatic carbocycles. The zero-order valence-electron chi connectivity index (χ0n) is 16.7. The molecule has 0 heterocycles. The lowest BCUT2D eigenvalue weighted by atomic mass is 9.66. The number of rotatable bonds is 4. The van der Waals surface area contributed by atoms with Crippen LogP contribution >= 0.6 is 35.0 Å². The first-order chi connectivity index (χ1) is 12.5. The Morgan fingerprint density at radius 3 is 2.15 bits per heavy atom. The number of nitrogens with one attached hydrogen (secondary N) is 1. The summed E-state index contributed by atoms with van der Waals surface area (Å²) < 4.78 is 0. The SMILES string of the molecule is CC(C)C1(C(=O)Nc2cc(Cl)c(Cl)cc2SC(=O)C(C)(C)C)CCCCC1. The summed E-state index contributed by atoms with van der Waals surface area (Å²) >= 11 is 13.5. The van der Waals surface area contributed by atoms with E-state index in [1.807, 2.05) is 20.8 Å². The Morgan fingerprint density at radius 1 is 1.07 bits per heavy atom. The normalized spacial score (nSPS) is 17.0. The molecule has 0 spiro atoms. The number of carbonyl (C=O) groups is 2. The molecule has 3 nitrogen and oxygen atoms in total. The number of benzene rings is 1. The van der Waals surface area contributed by atoms with Gasteiger partial charge in [0.15, 0.2) is 5.12 Å². The van der Waals surface area contributed by atoms with E-state index in [0.29, 0.717) is 20.6 Å². The van der Waals surface area contributed by atoms with Gasteiger partial charge in [-0.05, 0) is 42.7 Å². The molecule has 27 heavy (non-hydrogen) atoms. The van der Waals surface area contributed by atoms with E-state index < -0.39 is 5.41 Å². The largest absolute Gasteiger partial charge is 0.325 e. The summed E-state index contributed by atoms with van der Waals surface area (Å²) in [5, 5.41) is 3.81. The lowest BCUT2D eigenvalue weighted by Crippen LogP contribution is -2.42. The van der Waals surface area contributed by atoms with Crippen molar-refractivity contribution in [1.29, 1.82) is 0 Å². The second-order valence-electron chi connectivity index (χ2n) is 8.73. The molecule has 1 saturated carbocycles. The predicted octanol–water partition coefficient (Wildman–Crippen LogP) is 7.20. The van der Waals surface area contributed by atoms with Gasteiger partial charge in [-0.15, -0.1) is 0 Å². The maximum atomic E-state index is 13.3. The van der Waals surface area contributed by atoms with Crippen LogP contribution in [0.2, 0.25) is 10.0 Å². The number of thioether (sulfide) groups is 1. The van der Waals surface area contributed by atoms with Crippen LogP contribution in [0.3, 0.4) is 0 Å². The maximum Gasteiger partial charge on any atom is 0.230 e. The molecule has 1 fully saturated rings. The van der Waals surface area contributed by atoms with Gasteiger partial charge in [-0.25, -0.2) is 0 Å². The van der Waals surface area contributed by atoms with Crippen LogP contribution in [0.1, 0.15) is 66.7 Å². The second kappa shape index (κ2) is 8.75. The van der Waals surface area contributed by atoms with Crippen molar-refractivity contribution in [2.24, 2.45) is 16.7 Å². The molecule has 1 aliphatic carbocycles. The lowest BCUT2D eigenvalue weighted by Gasteiger charge is -2.39. The summed E-state index contributed by atoms with van der Waals surface area (Å²) in [7, 11) is 0. The van der Waals surface area contributed by atoms with E-state index in [9.17, 15) is 9.59 Å². The van der Waals surface area contributed by atoms with Crippen LogP contribution in [0, 0.1) is 16.7 Å². The number of carbonyl (C=O) groups excluding carboxylic acids is 2. The molecule has 150 valence electrons. The van der Waals surface area contributed by atoms with Gasteiger partial charge in [-0.1, -0.05) is 77.1 Å². The summed E-state index contributed by atoms with van der Waals surface area (Å²) in [6.07, 6.45) is 5.09. The van der Waals surface area contributed by atoms with Gasteiger partial charge >= 0.3 is 0 Å². The van der Waals surface area contributed by atoms with Crippen molar-refractivity contribution in [1.82, 2.24) is 0 Å². The first-order valence-electron chi connectivity index (χ1n) is 9.50. The van der Waals surface area contributed by atoms with Gasteiger partial charge in [-0.2, -0.15) is 0 Å². The van der Waals surface area contributed by atoms with Gasteiger partial charge in [0.25, 0.3) is 0 Å². The van der Waals surface area contributed by atoms with E-state index in [1.54, 1.807) is 12.1 Å². The summed E-state index contributed by atoms with van der Waals surface area (Å²) in [6.45, 7) is 9.83. The van der Waals surface area contributed by atoms with Gasteiger partial charge in [0.1, 0.15) is 0 Å². The van der Waals surface area contributed by atoms with Crippen molar-refractivity contribution in [3.8, 4) is 0 Å². The zero-order chi connectivity index (χ0) is 20.4. The Balaban J connectivity index is 2.35. The van der Waals surface area contributed by atoms with Gasteiger partial charge < -0.3 is 5.32 Å². The predicted molar refractivity (Wildman–Crippen MR) is 116 cm³/mol. The molecule has 6 heteroatoms. The van der Waals surface area contributed by atoms with Crippen LogP contribution in [-0.4, -0.2) is 11.0 Å². The standard InChI is InChI=1S/C21H29Cl2NO2S/c1-13(2)21(9-7-6-8-10-21)18(25)24-16-11-14(22)15(23)12-17(16)27-19(26)20(3,4)5/h11-13H,6-10H2,1-5H3,(H,24,25). The smallest absolute Gasteiger partial charge is 0.230 e. The fourth-order valence-electron chi connectivity index (χ4n) is 3.46. The Hall–Kier alpha value is -0.710. The van der Waals surface area contributed by atoms with Crippen molar-refractivity contribution in [3.63, 3.8) is 0 Å². The van der Waals surface area contributed by atoms with Crippen molar-refractivity contribution in [3.05, 3.63) is 22.2 Å². The summed E-state index contributed by atoms with van der Waals surface area (Å²) in [5.41, 5.74) is -0.316. The quantitative estimate of drug-likeness (QED) is 0.514. The van der Waals surface area contributed by atoms with Crippen LogP contribution in [0.25, 0.3) is 0 Å². The van der Waals surface area contributed by atoms with Crippen molar-refractivity contribution in [2.45, 2.75) is 71.6 Å². The second-order valence-corrected chi connectivity index (χ2v) is 10.6. The Morgan fingerprint density at radius 2 is 1.63 bits per heavy atom. The molecule has 2 rings (SSSR count). The number of amides is 1. The molecule has 0 radical (unpaired) electrons. The Bertz CT molecular complexity index is 720. The van der Waals surface area contributed by atoms with E-state index >= 15 is 0 Å². The topological polar surface area (TPSA) is 46.2 Å². The monoisotopic (exact) mass is 429 g/mol. The molecule has 1 aliphatic rings. The molecule has 0 saturated heterocycles. The molecule has 1 amide bonds. The maximum absolute atomic E-state index is 13.3. The number of halogens is 2. The van der Waals surface area contributed by atoms with E-state index in [0.717, 1.165) is 37.4 Å². The molecule has 0 unspecified atom stereocenters. The van der Waals surface area contributed by atoms with Crippen LogP contribution in [0.4, 0.5) is 5.69 Å². The van der Waals surface area contributed by atoms with E-state index in [4.69, 9.17) is 23.2 Å². The minimum Gasteiger partial charge on any atom is -0.325 e. The Kier molecular flexibility index (Phi) is 7.32. The first kappa shape index (κ1) is 22.6. The third-order valence-electron chi connectivity index (χ3n) is 5.39. The highest BCUT2D eigenvalue weighted by molar-refractivity contribution is 8.13. The average Bonchev–Trinajstić information content (AvgIpc) is 2.58. The molecule has 0 aliphatic heterocycles. The van der Waals surface area contributed by atoms with Crippen LogP contribution < -0.4 is 5.32 Å². The van der Waals surface area contributed by atoms with Gasteiger partial charge in [0, 0.05) is 10.3 Å². The van der Waals surface area contributed by atoms with Crippen molar-refractivity contribution >= 4 is 51.7 Å².